The maximum atomic E-state index is 12.7. The van der Waals surface area contributed by atoms with Crippen LogP contribution >= 0.6 is 0 Å². The second-order valence-corrected chi connectivity index (χ2v) is 7.95. The first kappa shape index (κ1) is 18.9. The SMILES string of the molecule is CC(=O)Nc1cccc(C(=O)NCC2([NH+]3CCCCC3)CCCCC2)c1. The van der Waals surface area contributed by atoms with E-state index in [4.69, 9.17) is 0 Å². The number of piperidine rings is 1. The summed E-state index contributed by atoms with van der Waals surface area (Å²) in [6, 6.07) is 7.17. The van der Waals surface area contributed by atoms with Crippen molar-refractivity contribution in [1.29, 1.82) is 0 Å². The number of anilines is 1. The number of amides is 2. The summed E-state index contributed by atoms with van der Waals surface area (Å²) >= 11 is 0. The van der Waals surface area contributed by atoms with Gasteiger partial charge in [0.25, 0.3) is 5.91 Å². The van der Waals surface area contributed by atoms with Gasteiger partial charge >= 0.3 is 0 Å². The summed E-state index contributed by atoms with van der Waals surface area (Å²) in [4.78, 5) is 25.7. The molecule has 0 atom stereocenters. The van der Waals surface area contributed by atoms with Gasteiger partial charge in [0.15, 0.2) is 0 Å². The van der Waals surface area contributed by atoms with Gasteiger partial charge in [-0.3, -0.25) is 9.59 Å². The van der Waals surface area contributed by atoms with Crippen LogP contribution in [0.3, 0.4) is 0 Å². The van der Waals surface area contributed by atoms with Crippen molar-refractivity contribution < 1.29 is 14.5 Å². The van der Waals surface area contributed by atoms with E-state index in [1.807, 2.05) is 12.1 Å². The zero-order valence-electron chi connectivity index (χ0n) is 15.9. The van der Waals surface area contributed by atoms with Crippen molar-refractivity contribution in [3.8, 4) is 0 Å². The van der Waals surface area contributed by atoms with E-state index < -0.39 is 0 Å². The highest BCUT2D eigenvalue weighted by molar-refractivity contribution is 5.96. The molecule has 1 heterocycles. The molecule has 0 bridgehead atoms. The van der Waals surface area contributed by atoms with Gasteiger partial charge in [-0.1, -0.05) is 12.5 Å². The highest BCUT2D eigenvalue weighted by Gasteiger charge is 2.42. The van der Waals surface area contributed by atoms with Crippen molar-refractivity contribution in [2.24, 2.45) is 0 Å². The van der Waals surface area contributed by atoms with Crippen LogP contribution in [-0.2, 0) is 4.79 Å². The molecule has 1 saturated heterocycles. The lowest BCUT2D eigenvalue weighted by atomic mass is 9.79. The third kappa shape index (κ3) is 4.64. The predicted octanol–water partition coefficient (Wildman–Crippen LogP) is 2.15. The largest absolute Gasteiger partial charge is 0.346 e. The molecule has 2 fully saturated rings. The highest BCUT2D eigenvalue weighted by Crippen LogP contribution is 2.26. The van der Waals surface area contributed by atoms with Gasteiger partial charge in [-0.2, -0.15) is 0 Å². The standard InChI is InChI=1S/C21H31N3O2/c1-17(25)23-19-10-8-9-18(15-19)20(26)22-16-21(11-4-2-5-12-21)24-13-6-3-7-14-24/h8-10,15H,2-7,11-14,16H2,1H3,(H,22,26)(H,23,25)/p+1. The Morgan fingerprint density at radius 2 is 1.73 bits per heavy atom. The number of benzene rings is 1. The Morgan fingerprint density at radius 3 is 2.42 bits per heavy atom. The number of carbonyl (C=O) groups excluding carboxylic acids is 2. The van der Waals surface area contributed by atoms with Crippen LogP contribution in [0.2, 0.25) is 0 Å². The molecule has 0 radical (unpaired) electrons. The second kappa shape index (κ2) is 8.67. The fraction of sp³-hybridized carbons (Fsp3) is 0.619. The van der Waals surface area contributed by atoms with Crippen LogP contribution in [0.5, 0.6) is 0 Å². The second-order valence-electron chi connectivity index (χ2n) is 7.95. The van der Waals surface area contributed by atoms with E-state index in [1.165, 1.54) is 71.4 Å². The van der Waals surface area contributed by atoms with E-state index in [1.54, 1.807) is 17.0 Å². The molecule has 3 rings (SSSR count). The van der Waals surface area contributed by atoms with Crippen LogP contribution in [0.25, 0.3) is 0 Å². The summed E-state index contributed by atoms with van der Waals surface area (Å²) < 4.78 is 0. The van der Waals surface area contributed by atoms with E-state index in [2.05, 4.69) is 10.6 Å². The molecule has 2 amide bonds. The van der Waals surface area contributed by atoms with E-state index in [0.717, 1.165) is 6.54 Å². The third-order valence-corrected chi connectivity index (χ3v) is 6.05. The molecule has 3 N–H and O–H groups in total. The lowest BCUT2D eigenvalue weighted by Gasteiger charge is -2.45. The molecule has 1 aliphatic heterocycles. The fourth-order valence-corrected chi connectivity index (χ4v) is 4.69. The molecule has 1 aliphatic carbocycles. The van der Waals surface area contributed by atoms with E-state index in [9.17, 15) is 9.59 Å². The average molecular weight is 359 g/mol. The number of rotatable bonds is 5. The number of nitrogens with one attached hydrogen (secondary N) is 3. The van der Waals surface area contributed by atoms with Crippen molar-refractivity contribution in [3.63, 3.8) is 0 Å². The highest BCUT2D eigenvalue weighted by atomic mass is 16.2. The minimum Gasteiger partial charge on any atom is -0.346 e. The lowest BCUT2D eigenvalue weighted by Crippen LogP contribution is -3.22. The van der Waals surface area contributed by atoms with E-state index >= 15 is 0 Å². The summed E-state index contributed by atoms with van der Waals surface area (Å²) in [6.45, 7) is 4.72. The first-order chi connectivity index (χ1) is 12.6. The average Bonchev–Trinajstić information content (AvgIpc) is 2.67. The van der Waals surface area contributed by atoms with Crippen molar-refractivity contribution in [1.82, 2.24) is 5.32 Å². The summed E-state index contributed by atoms with van der Waals surface area (Å²) in [5.41, 5.74) is 1.49. The smallest absolute Gasteiger partial charge is 0.251 e. The molecule has 26 heavy (non-hydrogen) atoms. The minimum atomic E-state index is -0.127. The topological polar surface area (TPSA) is 62.6 Å². The lowest BCUT2D eigenvalue weighted by molar-refractivity contribution is -0.957. The molecule has 0 unspecified atom stereocenters. The van der Waals surface area contributed by atoms with Gasteiger partial charge in [0.1, 0.15) is 5.54 Å². The van der Waals surface area contributed by atoms with Crippen LogP contribution < -0.4 is 15.5 Å². The number of hydrogen-bond donors (Lipinski definition) is 3. The molecular formula is C21H32N3O2+. The molecule has 5 nitrogen and oxygen atoms in total. The number of carbonyl (C=O) groups is 2. The summed E-state index contributed by atoms with van der Waals surface area (Å²) in [5.74, 6) is -0.170. The van der Waals surface area contributed by atoms with E-state index in [-0.39, 0.29) is 17.4 Å². The normalized spacial score (nSPS) is 20.3. The maximum Gasteiger partial charge on any atom is 0.251 e. The Hall–Kier alpha value is -1.88. The van der Waals surface area contributed by atoms with Crippen molar-refractivity contribution in [2.45, 2.75) is 63.8 Å². The number of quaternary nitrogens is 1. The molecule has 1 saturated carbocycles. The Labute approximate surface area is 156 Å². The maximum absolute atomic E-state index is 12.7. The van der Waals surface area contributed by atoms with Crippen molar-refractivity contribution in [3.05, 3.63) is 29.8 Å². The molecule has 142 valence electrons. The Bertz CT molecular complexity index is 632. The van der Waals surface area contributed by atoms with Crippen LogP contribution in [0.4, 0.5) is 5.69 Å². The van der Waals surface area contributed by atoms with Crippen LogP contribution in [-0.4, -0.2) is 37.0 Å². The molecule has 0 aromatic heterocycles. The molecule has 1 aromatic carbocycles. The summed E-state index contributed by atoms with van der Waals surface area (Å²) in [6.07, 6.45) is 10.3. The van der Waals surface area contributed by atoms with Crippen LogP contribution in [0.1, 0.15) is 68.6 Å². The van der Waals surface area contributed by atoms with Crippen LogP contribution in [0.15, 0.2) is 24.3 Å². The van der Waals surface area contributed by atoms with Gasteiger partial charge in [0, 0.05) is 31.0 Å². The van der Waals surface area contributed by atoms with Crippen molar-refractivity contribution in [2.75, 3.05) is 25.0 Å². The Morgan fingerprint density at radius 1 is 1.04 bits per heavy atom. The Balaban J connectivity index is 1.66. The first-order valence-corrected chi connectivity index (χ1v) is 10.1. The molecule has 0 spiro atoms. The summed E-state index contributed by atoms with van der Waals surface area (Å²) in [5, 5.41) is 5.96. The van der Waals surface area contributed by atoms with E-state index in [0.29, 0.717) is 11.3 Å². The molecule has 1 aromatic rings. The molecular weight excluding hydrogens is 326 g/mol. The fourth-order valence-electron chi connectivity index (χ4n) is 4.69. The van der Waals surface area contributed by atoms with Gasteiger partial charge in [-0.05, 0) is 50.3 Å². The van der Waals surface area contributed by atoms with Gasteiger partial charge in [-0.25, -0.2) is 0 Å². The zero-order chi connectivity index (χ0) is 18.4. The summed E-state index contributed by atoms with van der Waals surface area (Å²) in [7, 11) is 0. The zero-order valence-corrected chi connectivity index (χ0v) is 15.9. The molecule has 2 aliphatic rings. The van der Waals surface area contributed by atoms with Gasteiger partial charge in [0.2, 0.25) is 5.91 Å². The monoisotopic (exact) mass is 358 g/mol. The predicted molar refractivity (Wildman–Crippen MR) is 103 cm³/mol. The van der Waals surface area contributed by atoms with Gasteiger partial charge in [0.05, 0.1) is 19.6 Å². The minimum absolute atomic E-state index is 0.0430. The van der Waals surface area contributed by atoms with Gasteiger partial charge < -0.3 is 15.5 Å². The van der Waals surface area contributed by atoms with Gasteiger partial charge in [-0.15, -0.1) is 0 Å². The molecule has 5 heteroatoms. The number of likely N-dealkylation sites (tertiary alicyclic amines) is 1. The number of hydrogen-bond acceptors (Lipinski definition) is 2. The van der Waals surface area contributed by atoms with Crippen molar-refractivity contribution >= 4 is 17.5 Å². The van der Waals surface area contributed by atoms with Crippen LogP contribution in [0, 0.1) is 0 Å². The third-order valence-electron chi connectivity index (χ3n) is 6.05. The first-order valence-electron chi connectivity index (χ1n) is 10.1. The Kier molecular flexibility index (Phi) is 6.30. The quantitative estimate of drug-likeness (QED) is 0.755.